The molecule has 0 aliphatic heterocycles. The van der Waals surface area contributed by atoms with Crippen LogP contribution in [0.4, 0.5) is 10.1 Å². The first-order valence-corrected chi connectivity index (χ1v) is 4.00. The topological polar surface area (TPSA) is 44.1 Å². The fraction of sp³-hybridized carbons (Fsp3) is 0.200. The van der Waals surface area contributed by atoms with Gasteiger partial charge in [-0.05, 0) is 18.2 Å². The number of hydrogen-bond acceptors (Lipinski definition) is 2. The van der Waals surface area contributed by atoms with Gasteiger partial charge in [-0.3, -0.25) is 4.79 Å². The van der Waals surface area contributed by atoms with E-state index in [1.807, 2.05) is 6.07 Å². The van der Waals surface area contributed by atoms with Crippen molar-refractivity contribution in [3.63, 3.8) is 0 Å². The summed E-state index contributed by atoms with van der Waals surface area (Å²) in [4.78, 5) is 12.3. The zero-order valence-electron chi connectivity index (χ0n) is 7.91. The SMILES string of the molecule is CC(=O)N(C)c1cc(F)ccc1C#N. The first-order chi connectivity index (χ1) is 6.56. The Labute approximate surface area is 81.4 Å². The molecule has 72 valence electrons. The molecule has 14 heavy (non-hydrogen) atoms. The van der Waals surface area contributed by atoms with Crippen LogP contribution in [0.3, 0.4) is 0 Å². The fourth-order valence-electron chi connectivity index (χ4n) is 1.05. The number of anilines is 1. The Balaban J connectivity index is 3.25. The Hall–Kier alpha value is -1.89. The molecule has 0 radical (unpaired) electrons. The van der Waals surface area contributed by atoms with Gasteiger partial charge in [-0.25, -0.2) is 4.39 Å². The first kappa shape index (κ1) is 10.2. The van der Waals surface area contributed by atoms with Gasteiger partial charge >= 0.3 is 0 Å². The van der Waals surface area contributed by atoms with Gasteiger partial charge in [-0.2, -0.15) is 5.26 Å². The summed E-state index contributed by atoms with van der Waals surface area (Å²) < 4.78 is 12.9. The van der Waals surface area contributed by atoms with Crippen LogP contribution in [0.25, 0.3) is 0 Å². The lowest BCUT2D eigenvalue weighted by atomic mass is 10.2. The lowest BCUT2D eigenvalue weighted by molar-refractivity contribution is -0.116. The molecule has 0 heterocycles. The second-order valence-electron chi connectivity index (χ2n) is 2.85. The normalized spacial score (nSPS) is 9.29. The van der Waals surface area contributed by atoms with Gasteiger partial charge in [0.15, 0.2) is 0 Å². The number of amides is 1. The van der Waals surface area contributed by atoms with Crippen LogP contribution in [0.2, 0.25) is 0 Å². The van der Waals surface area contributed by atoms with Crippen molar-refractivity contribution in [2.45, 2.75) is 6.92 Å². The Kier molecular flexibility index (Phi) is 2.82. The van der Waals surface area contributed by atoms with Crippen molar-refractivity contribution >= 4 is 11.6 Å². The summed E-state index contributed by atoms with van der Waals surface area (Å²) in [6.07, 6.45) is 0. The molecule has 1 aromatic carbocycles. The van der Waals surface area contributed by atoms with Gasteiger partial charge in [0.25, 0.3) is 0 Å². The Morgan fingerprint density at radius 1 is 1.57 bits per heavy atom. The molecule has 0 saturated heterocycles. The van der Waals surface area contributed by atoms with E-state index in [-0.39, 0.29) is 11.5 Å². The Bertz CT molecular complexity index is 409. The van der Waals surface area contributed by atoms with Crippen LogP contribution in [0, 0.1) is 17.1 Å². The maximum Gasteiger partial charge on any atom is 0.223 e. The second kappa shape index (κ2) is 3.88. The monoisotopic (exact) mass is 192 g/mol. The molecule has 4 heteroatoms. The lowest BCUT2D eigenvalue weighted by Crippen LogP contribution is -2.23. The minimum atomic E-state index is -0.466. The number of nitrogens with zero attached hydrogens (tertiary/aromatic N) is 2. The van der Waals surface area contributed by atoms with E-state index in [0.29, 0.717) is 5.69 Å². The number of rotatable bonds is 1. The fourth-order valence-corrected chi connectivity index (χ4v) is 1.05. The molecule has 0 atom stereocenters. The van der Waals surface area contributed by atoms with Gasteiger partial charge in [0.2, 0.25) is 5.91 Å². The molecule has 0 aromatic heterocycles. The molecule has 0 saturated carbocycles. The summed E-state index contributed by atoms with van der Waals surface area (Å²) in [5, 5.41) is 8.73. The number of halogens is 1. The number of nitriles is 1. The number of benzene rings is 1. The molecule has 0 N–H and O–H groups in total. The number of carbonyl (C=O) groups is 1. The predicted octanol–water partition coefficient (Wildman–Crippen LogP) is 1.68. The average Bonchev–Trinajstić information content (AvgIpc) is 2.16. The minimum absolute atomic E-state index is 0.243. The molecular formula is C10H9FN2O. The zero-order valence-corrected chi connectivity index (χ0v) is 7.91. The average molecular weight is 192 g/mol. The van der Waals surface area contributed by atoms with Gasteiger partial charge < -0.3 is 4.90 Å². The highest BCUT2D eigenvalue weighted by atomic mass is 19.1. The molecule has 1 rings (SSSR count). The number of carbonyl (C=O) groups excluding carboxylic acids is 1. The van der Waals surface area contributed by atoms with Gasteiger partial charge in [-0.1, -0.05) is 0 Å². The Morgan fingerprint density at radius 2 is 2.21 bits per heavy atom. The van der Waals surface area contributed by atoms with Gasteiger partial charge in [0.1, 0.15) is 11.9 Å². The van der Waals surface area contributed by atoms with Crippen molar-refractivity contribution in [2.24, 2.45) is 0 Å². The Morgan fingerprint density at radius 3 is 2.71 bits per heavy atom. The van der Waals surface area contributed by atoms with Crippen molar-refractivity contribution in [1.82, 2.24) is 0 Å². The maximum atomic E-state index is 12.9. The lowest BCUT2D eigenvalue weighted by Gasteiger charge is -2.16. The van der Waals surface area contributed by atoms with Crippen molar-refractivity contribution in [1.29, 1.82) is 5.26 Å². The number of hydrogen-bond donors (Lipinski definition) is 0. The predicted molar refractivity (Wildman–Crippen MR) is 50.2 cm³/mol. The van der Waals surface area contributed by atoms with Gasteiger partial charge in [0.05, 0.1) is 11.3 Å². The van der Waals surface area contributed by atoms with Crippen LogP contribution in [-0.2, 0) is 4.79 Å². The zero-order chi connectivity index (χ0) is 10.7. The highest BCUT2D eigenvalue weighted by Crippen LogP contribution is 2.19. The third-order valence-electron chi connectivity index (χ3n) is 1.91. The van der Waals surface area contributed by atoms with Crippen LogP contribution >= 0.6 is 0 Å². The van der Waals surface area contributed by atoms with E-state index in [0.717, 1.165) is 0 Å². The summed E-state index contributed by atoms with van der Waals surface area (Å²) >= 11 is 0. The highest BCUT2D eigenvalue weighted by Gasteiger charge is 2.11. The van der Waals surface area contributed by atoms with Crippen LogP contribution in [-0.4, -0.2) is 13.0 Å². The molecule has 0 aliphatic carbocycles. The summed E-state index contributed by atoms with van der Waals surface area (Å²) in [5.74, 6) is -0.709. The standard InChI is InChI=1S/C10H9FN2O/c1-7(14)13(2)10-5-9(11)4-3-8(10)6-12/h3-5H,1-2H3. The van der Waals surface area contributed by atoms with Crippen molar-refractivity contribution < 1.29 is 9.18 Å². The van der Waals surface area contributed by atoms with Crippen molar-refractivity contribution in [3.05, 3.63) is 29.6 Å². The summed E-state index contributed by atoms with van der Waals surface area (Å²) in [5.41, 5.74) is 0.573. The van der Waals surface area contributed by atoms with E-state index in [9.17, 15) is 9.18 Å². The van der Waals surface area contributed by atoms with Crippen LogP contribution in [0.5, 0.6) is 0 Å². The van der Waals surface area contributed by atoms with Gasteiger partial charge in [-0.15, -0.1) is 0 Å². The largest absolute Gasteiger partial charge is 0.314 e. The van der Waals surface area contributed by atoms with E-state index < -0.39 is 5.82 Å². The smallest absolute Gasteiger partial charge is 0.223 e. The molecule has 3 nitrogen and oxygen atoms in total. The van der Waals surface area contributed by atoms with E-state index in [4.69, 9.17) is 5.26 Å². The first-order valence-electron chi connectivity index (χ1n) is 4.00. The third-order valence-corrected chi connectivity index (χ3v) is 1.91. The molecule has 0 bridgehead atoms. The minimum Gasteiger partial charge on any atom is -0.314 e. The van der Waals surface area contributed by atoms with E-state index in [2.05, 4.69) is 0 Å². The van der Waals surface area contributed by atoms with Crippen molar-refractivity contribution in [2.75, 3.05) is 11.9 Å². The maximum absolute atomic E-state index is 12.9. The van der Waals surface area contributed by atoms with E-state index in [1.54, 1.807) is 0 Å². The van der Waals surface area contributed by atoms with Crippen molar-refractivity contribution in [3.8, 4) is 6.07 Å². The molecule has 0 unspecified atom stereocenters. The summed E-state index contributed by atoms with van der Waals surface area (Å²) in [6, 6.07) is 5.61. The molecule has 0 fully saturated rings. The highest BCUT2D eigenvalue weighted by molar-refractivity contribution is 5.92. The third kappa shape index (κ3) is 1.88. The molecular weight excluding hydrogens is 183 g/mol. The van der Waals surface area contributed by atoms with Gasteiger partial charge in [0, 0.05) is 14.0 Å². The van der Waals surface area contributed by atoms with Crippen LogP contribution in [0.1, 0.15) is 12.5 Å². The second-order valence-corrected chi connectivity index (χ2v) is 2.85. The summed E-state index contributed by atoms with van der Waals surface area (Å²) in [6.45, 7) is 1.35. The van der Waals surface area contributed by atoms with Crippen LogP contribution in [0.15, 0.2) is 18.2 Å². The summed E-state index contributed by atoms with van der Waals surface area (Å²) in [7, 11) is 1.50. The molecule has 1 aromatic rings. The molecule has 1 amide bonds. The molecule has 0 spiro atoms. The van der Waals surface area contributed by atoms with E-state index >= 15 is 0 Å². The molecule has 0 aliphatic rings. The van der Waals surface area contributed by atoms with Crippen LogP contribution < -0.4 is 4.90 Å². The quantitative estimate of drug-likeness (QED) is 0.679. The van der Waals surface area contributed by atoms with E-state index in [1.165, 1.54) is 37.1 Å².